The van der Waals surface area contributed by atoms with Crippen LogP contribution in [-0.4, -0.2) is 35.7 Å². The molecule has 5 heteroatoms. The van der Waals surface area contributed by atoms with Gasteiger partial charge in [-0.05, 0) is 18.1 Å². The third-order valence-electron chi connectivity index (χ3n) is 3.13. The van der Waals surface area contributed by atoms with Crippen molar-refractivity contribution in [2.75, 3.05) is 13.1 Å². The van der Waals surface area contributed by atoms with Gasteiger partial charge in [-0.25, -0.2) is 0 Å². The van der Waals surface area contributed by atoms with Crippen LogP contribution in [-0.2, 0) is 4.79 Å². The van der Waals surface area contributed by atoms with Gasteiger partial charge >= 0.3 is 0 Å². The van der Waals surface area contributed by atoms with Crippen molar-refractivity contribution in [1.82, 2.24) is 10.2 Å². The lowest BCUT2D eigenvalue weighted by Crippen LogP contribution is -2.38. The summed E-state index contributed by atoms with van der Waals surface area (Å²) in [4.78, 5) is 36.8. The molecule has 0 bridgehead atoms. The summed E-state index contributed by atoms with van der Waals surface area (Å²) in [7, 11) is 0. The minimum absolute atomic E-state index is 0.0587. The standard InChI is InChI=1S/C15H18N2O3/c1-10(2)9-13(18)16-7-8-17-14(19)11-5-3-4-6-12(11)15(17)20/h3-6,10H,7-9H2,1-2H3,(H,16,18). The second-order valence-corrected chi connectivity index (χ2v) is 5.26. The third-order valence-corrected chi connectivity index (χ3v) is 3.13. The Morgan fingerprint density at radius 3 is 2.20 bits per heavy atom. The molecule has 1 aliphatic rings. The maximum atomic E-state index is 12.1. The first-order chi connectivity index (χ1) is 9.50. The monoisotopic (exact) mass is 274 g/mol. The summed E-state index contributed by atoms with van der Waals surface area (Å²) < 4.78 is 0. The molecule has 106 valence electrons. The first-order valence-electron chi connectivity index (χ1n) is 6.72. The molecule has 0 fully saturated rings. The first-order valence-corrected chi connectivity index (χ1v) is 6.72. The highest BCUT2D eigenvalue weighted by Crippen LogP contribution is 2.21. The number of carbonyl (C=O) groups is 3. The van der Waals surface area contributed by atoms with Crippen LogP contribution in [0, 0.1) is 5.92 Å². The lowest BCUT2D eigenvalue weighted by atomic mass is 10.1. The van der Waals surface area contributed by atoms with Crippen LogP contribution in [0.5, 0.6) is 0 Å². The number of benzene rings is 1. The molecule has 0 spiro atoms. The van der Waals surface area contributed by atoms with Crippen molar-refractivity contribution in [2.24, 2.45) is 5.92 Å². The molecular formula is C15H18N2O3. The summed E-state index contributed by atoms with van der Waals surface area (Å²) in [5.41, 5.74) is 0.872. The quantitative estimate of drug-likeness (QED) is 0.826. The van der Waals surface area contributed by atoms with E-state index in [0.717, 1.165) is 0 Å². The Bertz CT molecular complexity index is 517. The molecule has 1 aromatic rings. The van der Waals surface area contributed by atoms with Crippen LogP contribution >= 0.6 is 0 Å². The highest BCUT2D eigenvalue weighted by atomic mass is 16.2. The minimum atomic E-state index is -0.288. The van der Waals surface area contributed by atoms with Gasteiger partial charge in [0.25, 0.3) is 11.8 Å². The van der Waals surface area contributed by atoms with Gasteiger partial charge < -0.3 is 5.32 Å². The molecule has 0 atom stereocenters. The lowest BCUT2D eigenvalue weighted by molar-refractivity contribution is -0.121. The molecule has 0 aliphatic carbocycles. The van der Waals surface area contributed by atoms with Crippen molar-refractivity contribution in [3.05, 3.63) is 35.4 Å². The van der Waals surface area contributed by atoms with Gasteiger partial charge in [0.1, 0.15) is 0 Å². The van der Waals surface area contributed by atoms with E-state index in [9.17, 15) is 14.4 Å². The second kappa shape index (κ2) is 5.86. The molecule has 0 saturated carbocycles. The molecule has 1 aromatic carbocycles. The molecule has 2 rings (SSSR count). The van der Waals surface area contributed by atoms with Crippen LogP contribution in [0.2, 0.25) is 0 Å². The number of fused-ring (bicyclic) bond motifs is 1. The number of hydrogen-bond acceptors (Lipinski definition) is 3. The Kier molecular flexibility index (Phi) is 4.17. The Balaban J connectivity index is 1.91. The zero-order chi connectivity index (χ0) is 14.7. The fourth-order valence-corrected chi connectivity index (χ4v) is 2.19. The fourth-order valence-electron chi connectivity index (χ4n) is 2.19. The number of hydrogen-bond donors (Lipinski definition) is 1. The van der Waals surface area contributed by atoms with Crippen LogP contribution in [0.4, 0.5) is 0 Å². The molecule has 5 nitrogen and oxygen atoms in total. The number of amides is 3. The van der Waals surface area contributed by atoms with E-state index < -0.39 is 0 Å². The molecule has 0 saturated heterocycles. The number of carbonyl (C=O) groups excluding carboxylic acids is 3. The molecular weight excluding hydrogens is 256 g/mol. The smallest absolute Gasteiger partial charge is 0.261 e. The van der Waals surface area contributed by atoms with Crippen molar-refractivity contribution in [1.29, 1.82) is 0 Å². The van der Waals surface area contributed by atoms with E-state index in [1.54, 1.807) is 24.3 Å². The van der Waals surface area contributed by atoms with Gasteiger partial charge in [0.2, 0.25) is 5.91 Å². The summed E-state index contributed by atoms with van der Waals surface area (Å²) in [5.74, 6) is -0.349. The molecule has 1 aliphatic heterocycles. The van der Waals surface area contributed by atoms with E-state index >= 15 is 0 Å². The van der Waals surface area contributed by atoms with Crippen molar-refractivity contribution in [3.8, 4) is 0 Å². The van der Waals surface area contributed by atoms with Crippen molar-refractivity contribution < 1.29 is 14.4 Å². The Morgan fingerprint density at radius 2 is 1.70 bits per heavy atom. The molecule has 20 heavy (non-hydrogen) atoms. The minimum Gasteiger partial charge on any atom is -0.354 e. The highest BCUT2D eigenvalue weighted by Gasteiger charge is 2.34. The van der Waals surface area contributed by atoms with E-state index in [-0.39, 0.29) is 36.7 Å². The van der Waals surface area contributed by atoms with Gasteiger partial charge in [0.15, 0.2) is 0 Å². The van der Waals surface area contributed by atoms with E-state index in [4.69, 9.17) is 0 Å². The van der Waals surface area contributed by atoms with Gasteiger partial charge in [-0.15, -0.1) is 0 Å². The van der Waals surface area contributed by atoms with Gasteiger partial charge in [-0.2, -0.15) is 0 Å². The Hall–Kier alpha value is -2.17. The van der Waals surface area contributed by atoms with Crippen molar-refractivity contribution >= 4 is 17.7 Å². The summed E-state index contributed by atoms with van der Waals surface area (Å²) in [6.07, 6.45) is 0.447. The van der Waals surface area contributed by atoms with E-state index in [0.29, 0.717) is 17.5 Å². The predicted molar refractivity (Wildman–Crippen MR) is 74.3 cm³/mol. The fraction of sp³-hybridized carbons (Fsp3) is 0.400. The molecule has 0 aromatic heterocycles. The van der Waals surface area contributed by atoms with E-state index in [1.165, 1.54) is 4.90 Å². The predicted octanol–water partition coefficient (Wildman–Crippen LogP) is 1.44. The summed E-state index contributed by atoms with van der Waals surface area (Å²) in [6.45, 7) is 4.42. The maximum absolute atomic E-state index is 12.1. The van der Waals surface area contributed by atoms with Gasteiger partial charge in [0, 0.05) is 19.5 Å². The zero-order valence-electron chi connectivity index (χ0n) is 11.7. The molecule has 1 heterocycles. The maximum Gasteiger partial charge on any atom is 0.261 e. The first kappa shape index (κ1) is 14.2. The molecule has 1 N–H and O–H groups in total. The van der Waals surface area contributed by atoms with Gasteiger partial charge in [0.05, 0.1) is 11.1 Å². The van der Waals surface area contributed by atoms with Crippen molar-refractivity contribution in [2.45, 2.75) is 20.3 Å². The normalized spacial score (nSPS) is 13.8. The number of imide groups is 1. The number of nitrogens with zero attached hydrogens (tertiary/aromatic N) is 1. The van der Waals surface area contributed by atoms with Gasteiger partial charge in [-0.3, -0.25) is 19.3 Å². The summed E-state index contributed by atoms with van der Waals surface area (Å²) in [5, 5.41) is 2.72. The average molecular weight is 274 g/mol. The van der Waals surface area contributed by atoms with Gasteiger partial charge in [-0.1, -0.05) is 26.0 Å². The van der Waals surface area contributed by atoms with Crippen LogP contribution in [0.3, 0.4) is 0 Å². The number of nitrogens with one attached hydrogen (secondary N) is 1. The van der Waals surface area contributed by atoms with Crippen LogP contribution < -0.4 is 5.32 Å². The van der Waals surface area contributed by atoms with Crippen LogP contribution in [0.1, 0.15) is 41.0 Å². The Morgan fingerprint density at radius 1 is 1.15 bits per heavy atom. The Labute approximate surface area is 118 Å². The third kappa shape index (κ3) is 2.87. The summed E-state index contributed by atoms with van der Waals surface area (Å²) >= 11 is 0. The lowest BCUT2D eigenvalue weighted by Gasteiger charge is -2.14. The topological polar surface area (TPSA) is 66.5 Å². The van der Waals surface area contributed by atoms with Crippen LogP contribution in [0.25, 0.3) is 0 Å². The SMILES string of the molecule is CC(C)CC(=O)NCCN1C(=O)c2ccccc2C1=O. The number of rotatable bonds is 5. The zero-order valence-corrected chi connectivity index (χ0v) is 11.7. The van der Waals surface area contributed by atoms with E-state index in [1.807, 2.05) is 13.8 Å². The second-order valence-electron chi connectivity index (χ2n) is 5.26. The van der Waals surface area contributed by atoms with Crippen LogP contribution in [0.15, 0.2) is 24.3 Å². The summed E-state index contributed by atoms with van der Waals surface area (Å²) in [6, 6.07) is 6.76. The van der Waals surface area contributed by atoms with Crippen molar-refractivity contribution in [3.63, 3.8) is 0 Å². The molecule has 0 radical (unpaired) electrons. The average Bonchev–Trinajstić information content (AvgIpc) is 2.63. The molecule has 0 unspecified atom stereocenters. The van der Waals surface area contributed by atoms with E-state index in [2.05, 4.69) is 5.32 Å². The highest BCUT2D eigenvalue weighted by molar-refractivity contribution is 6.21. The molecule has 3 amide bonds. The largest absolute Gasteiger partial charge is 0.354 e.